The Balaban J connectivity index is 1.19. The smallest absolute Gasteiger partial charge is 0.224 e. The fraction of sp³-hybridized carbons (Fsp3) is 0.655. The van der Waals surface area contributed by atoms with Crippen LogP contribution in [-0.4, -0.2) is 97.4 Å². The number of ketones is 1. The number of carbonyl (C=O) groups is 2. The average Bonchev–Trinajstić information content (AvgIpc) is 3.22. The number of rotatable bonds is 13. The molecule has 0 saturated carbocycles. The molecule has 0 aliphatic carbocycles. The largest absolute Gasteiger partial charge is 0.379 e. The number of carbonyl (C=O) groups excluding carboxylic acids is 2. The zero-order valence-corrected chi connectivity index (χ0v) is 23.6. The predicted octanol–water partition coefficient (Wildman–Crippen LogP) is 2.98. The van der Waals surface area contributed by atoms with Crippen molar-refractivity contribution in [1.29, 1.82) is 0 Å². The predicted molar refractivity (Wildman–Crippen MR) is 149 cm³/mol. The molecule has 0 radical (unpaired) electrons. The van der Waals surface area contributed by atoms with Gasteiger partial charge in [0.15, 0.2) is 0 Å². The molecule has 2 aliphatic heterocycles. The maximum absolute atomic E-state index is 13.2. The average molecular weight is 528 g/mol. The van der Waals surface area contributed by atoms with E-state index in [1.165, 1.54) is 22.2 Å². The lowest BCUT2D eigenvalue weighted by molar-refractivity contribution is -0.132. The second-order valence-corrected chi connectivity index (χ2v) is 10.6. The Morgan fingerprint density at radius 2 is 1.71 bits per heavy atom. The van der Waals surface area contributed by atoms with Gasteiger partial charge in [0, 0.05) is 87.4 Å². The molecule has 0 bridgehead atoms. The number of piperidine rings is 1. The summed E-state index contributed by atoms with van der Waals surface area (Å²) in [4.78, 5) is 26.1. The van der Waals surface area contributed by atoms with Crippen LogP contribution < -0.4 is 5.32 Å². The van der Waals surface area contributed by atoms with Gasteiger partial charge in [-0.1, -0.05) is 18.2 Å². The van der Waals surface area contributed by atoms with Gasteiger partial charge in [-0.3, -0.25) is 9.59 Å². The van der Waals surface area contributed by atoms with Crippen molar-refractivity contribution in [3.63, 3.8) is 0 Å². The fourth-order valence-electron chi connectivity index (χ4n) is 5.66. The molecule has 3 heterocycles. The van der Waals surface area contributed by atoms with Gasteiger partial charge in [0.25, 0.3) is 0 Å². The van der Waals surface area contributed by atoms with Crippen molar-refractivity contribution >= 4 is 22.6 Å². The van der Waals surface area contributed by atoms with Crippen molar-refractivity contribution in [1.82, 2.24) is 24.8 Å². The van der Waals surface area contributed by atoms with Crippen molar-refractivity contribution in [3.8, 4) is 0 Å². The van der Waals surface area contributed by atoms with Crippen molar-refractivity contribution in [2.45, 2.75) is 64.7 Å². The molecule has 1 amide bonds. The molecule has 2 aliphatic rings. The van der Waals surface area contributed by atoms with Crippen molar-refractivity contribution in [2.24, 2.45) is 0 Å². The van der Waals surface area contributed by atoms with Crippen molar-refractivity contribution in [3.05, 3.63) is 35.5 Å². The summed E-state index contributed by atoms with van der Waals surface area (Å²) in [5, 5.41) is 9.42. The molecule has 0 spiro atoms. The molecule has 1 atom stereocenters. The monoisotopic (exact) mass is 527 g/mol. The second kappa shape index (κ2) is 13.7. The summed E-state index contributed by atoms with van der Waals surface area (Å²) in [5.41, 5.74) is 3.96. The number of hydrazine groups is 1. The van der Waals surface area contributed by atoms with Gasteiger partial charge in [-0.15, -0.1) is 0 Å². The molecule has 2 aromatic rings. The van der Waals surface area contributed by atoms with E-state index in [2.05, 4.69) is 65.2 Å². The van der Waals surface area contributed by atoms with Gasteiger partial charge < -0.3 is 24.3 Å². The number of para-hydroxylation sites is 1. The summed E-state index contributed by atoms with van der Waals surface area (Å²) in [6, 6.07) is 9.33. The lowest BCUT2D eigenvalue weighted by Gasteiger charge is -2.39. The highest BCUT2D eigenvalue weighted by Crippen LogP contribution is 2.38. The Labute approximate surface area is 227 Å². The van der Waals surface area contributed by atoms with Crippen LogP contribution in [0.15, 0.2) is 24.3 Å². The first-order valence-electron chi connectivity index (χ1n) is 14.1. The Bertz CT molecular complexity index is 1080. The molecular weight excluding hydrogens is 482 g/mol. The van der Waals surface area contributed by atoms with Gasteiger partial charge in [-0.05, 0) is 32.8 Å². The summed E-state index contributed by atoms with van der Waals surface area (Å²) in [5.74, 6) is 0.393. The third-order valence-electron chi connectivity index (χ3n) is 8.06. The quantitative estimate of drug-likeness (QED) is 0.401. The highest BCUT2D eigenvalue weighted by molar-refractivity contribution is 5.86. The number of hydrogen-bond acceptors (Lipinski definition) is 7. The van der Waals surface area contributed by atoms with Crippen LogP contribution in [0.4, 0.5) is 0 Å². The van der Waals surface area contributed by atoms with E-state index in [1.807, 2.05) is 4.90 Å². The van der Waals surface area contributed by atoms with E-state index in [0.717, 1.165) is 39.0 Å². The summed E-state index contributed by atoms with van der Waals surface area (Å²) in [6.45, 7) is 9.95. The van der Waals surface area contributed by atoms with Gasteiger partial charge in [-0.2, -0.15) is 0 Å². The van der Waals surface area contributed by atoms with E-state index < -0.39 is 0 Å². The third-order valence-corrected chi connectivity index (χ3v) is 8.06. The number of ether oxygens (including phenoxy) is 2. The van der Waals surface area contributed by atoms with Gasteiger partial charge in [0.05, 0.1) is 33.0 Å². The number of Topliss-reactive ketones (excluding diaryl/α,β-unsaturated/α-hetero) is 1. The third kappa shape index (κ3) is 7.01. The second-order valence-electron chi connectivity index (χ2n) is 10.6. The van der Waals surface area contributed by atoms with Crippen LogP contribution in [0.5, 0.6) is 0 Å². The molecule has 1 fully saturated rings. The maximum Gasteiger partial charge on any atom is 0.224 e. The Kier molecular flexibility index (Phi) is 10.3. The van der Waals surface area contributed by atoms with Crippen LogP contribution in [0.2, 0.25) is 0 Å². The summed E-state index contributed by atoms with van der Waals surface area (Å²) >= 11 is 0. The molecule has 1 unspecified atom stereocenters. The number of likely N-dealkylation sites (tertiary alicyclic amines) is 1. The van der Waals surface area contributed by atoms with E-state index in [-0.39, 0.29) is 11.7 Å². The van der Waals surface area contributed by atoms with Crippen LogP contribution >= 0.6 is 0 Å². The summed E-state index contributed by atoms with van der Waals surface area (Å²) in [7, 11) is 4.27. The molecule has 1 aromatic carbocycles. The van der Waals surface area contributed by atoms with Crippen LogP contribution in [-0.2, 0) is 32.2 Å². The minimum Gasteiger partial charge on any atom is -0.379 e. The molecule has 38 heavy (non-hydrogen) atoms. The molecule has 1 aromatic heterocycles. The first-order valence-corrected chi connectivity index (χ1v) is 14.1. The van der Waals surface area contributed by atoms with E-state index in [4.69, 9.17) is 9.47 Å². The van der Waals surface area contributed by atoms with Gasteiger partial charge in [0.2, 0.25) is 5.91 Å². The zero-order valence-electron chi connectivity index (χ0n) is 23.6. The van der Waals surface area contributed by atoms with Crippen LogP contribution in [0.3, 0.4) is 0 Å². The molecule has 9 heteroatoms. The lowest BCUT2D eigenvalue weighted by Crippen LogP contribution is -2.45. The molecule has 1 N–H and O–H groups in total. The van der Waals surface area contributed by atoms with Crippen LogP contribution in [0.1, 0.15) is 56.8 Å². The van der Waals surface area contributed by atoms with Gasteiger partial charge in [0.1, 0.15) is 5.78 Å². The van der Waals surface area contributed by atoms with Crippen molar-refractivity contribution in [2.75, 3.05) is 60.2 Å². The van der Waals surface area contributed by atoms with Crippen molar-refractivity contribution < 1.29 is 19.1 Å². The molecule has 9 nitrogen and oxygen atoms in total. The number of fused-ring (bicyclic) bond motifs is 3. The normalized spacial score (nSPS) is 19.3. The van der Waals surface area contributed by atoms with E-state index in [9.17, 15) is 9.59 Å². The molecule has 210 valence electrons. The number of hydrogen-bond donors (Lipinski definition) is 1. The Morgan fingerprint density at radius 3 is 2.45 bits per heavy atom. The zero-order chi connectivity index (χ0) is 27.1. The maximum atomic E-state index is 13.2. The first kappa shape index (κ1) is 28.7. The van der Waals surface area contributed by atoms with E-state index in [0.29, 0.717) is 57.9 Å². The number of nitrogens with one attached hydrogen (secondary N) is 1. The first-order chi connectivity index (χ1) is 18.4. The summed E-state index contributed by atoms with van der Waals surface area (Å²) in [6.07, 6.45) is 2.93. The van der Waals surface area contributed by atoms with Crippen LogP contribution in [0, 0.1) is 0 Å². The number of amides is 1. The van der Waals surface area contributed by atoms with Gasteiger partial charge >= 0.3 is 0 Å². The van der Waals surface area contributed by atoms with E-state index in [1.54, 1.807) is 6.92 Å². The highest BCUT2D eigenvalue weighted by atomic mass is 16.5. The molecule has 1 saturated heterocycles. The number of aromatic nitrogens is 1. The highest BCUT2D eigenvalue weighted by Gasteiger charge is 2.31. The number of benzene rings is 1. The Hall–Kier alpha value is -2.30. The topological polar surface area (TPSA) is 79.3 Å². The number of nitrogens with zero attached hydrogens (tertiary/aromatic N) is 4. The van der Waals surface area contributed by atoms with Gasteiger partial charge in [-0.25, -0.2) is 10.0 Å². The lowest BCUT2D eigenvalue weighted by atomic mass is 10.0. The fourth-order valence-corrected chi connectivity index (χ4v) is 5.66. The standard InChI is InChI=1S/C29H45N5O4/c1-22(35)12-17-37-19-20-38-18-13-30-24-9-14-33(15-10-24)28(36)11-16-34-26-8-6-5-7-25(26)29-23(2)32(4)31(3)21-27(29)34/h5-8,23-24,30H,9-21H2,1-4H3. The SMILES string of the molecule is CC(=O)CCOCCOCCNC1CCN(C(=O)CCn2c3c(c4ccccc42)C(C)N(C)N(C)C3)CC1. The van der Waals surface area contributed by atoms with E-state index >= 15 is 0 Å². The minimum absolute atomic E-state index is 0.145. The molecular formula is C29H45N5O4. The molecule has 4 rings (SSSR count). The Morgan fingerprint density at radius 1 is 1.00 bits per heavy atom. The van der Waals surface area contributed by atoms with Crippen LogP contribution in [0.25, 0.3) is 10.9 Å². The number of aryl methyl sites for hydroxylation is 1. The summed E-state index contributed by atoms with van der Waals surface area (Å²) < 4.78 is 13.4. The minimum atomic E-state index is 0.145.